The van der Waals surface area contributed by atoms with Crippen LogP contribution in [0.2, 0.25) is 0 Å². The van der Waals surface area contributed by atoms with Crippen molar-refractivity contribution >= 4 is 17.5 Å². The zero-order chi connectivity index (χ0) is 17.4. The van der Waals surface area contributed by atoms with E-state index in [0.717, 1.165) is 45.3 Å². The van der Waals surface area contributed by atoms with Crippen molar-refractivity contribution in [2.75, 3.05) is 31.5 Å². The van der Waals surface area contributed by atoms with Crippen molar-refractivity contribution in [2.24, 2.45) is 5.92 Å². The van der Waals surface area contributed by atoms with Gasteiger partial charge in [0.15, 0.2) is 5.78 Å². The highest BCUT2D eigenvalue weighted by atomic mass is 16.2. The molecule has 1 aliphatic rings. The molecule has 132 valence electrons. The first-order valence-electron chi connectivity index (χ1n) is 9.05. The molecule has 1 fully saturated rings. The van der Waals surface area contributed by atoms with E-state index in [4.69, 9.17) is 0 Å². The number of likely N-dealkylation sites (tertiary alicyclic amines) is 1. The largest absolute Gasteiger partial charge is 0.338 e. The standard InChI is InChI=1S/C19H29N3O2/c1-3-5-11-20-19(24)21-17-8-6-7-16(14-17)18(23)15-9-12-22(4-2)13-10-15/h6-8,14-15H,3-5,9-13H2,1-2H3,(H2,20,21,24). The minimum Gasteiger partial charge on any atom is -0.338 e. The van der Waals surface area contributed by atoms with Crippen molar-refractivity contribution in [3.05, 3.63) is 29.8 Å². The summed E-state index contributed by atoms with van der Waals surface area (Å²) in [6.45, 7) is 7.93. The summed E-state index contributed by atoms with van der Waals surface area (Å²) in [6.07, 6.45) is 3.84. The minimum atomic E-state index is -0.218. The van der Waals surface area contributed by atoms with E-state index in [0.29, 0.717) is 17.8 Å². The van der Waals surface area contributed by atoms with Gasteiger partial charge in [-0.2, -0.15) is 0 Å². The molecule has 1 aromatic rings. The van der Waals surface area contributed by atoms with E-state index >= 15 is 0 Å². The molecule has 0 aromatic heterocycles. The van der Waals surface area contributed by atoms with Crippen LogP contribution in [0.3, 0.4) is 0 Å². The van der Waals surface area contributed by atoms with Crippen LogP contribution in [-0.2, 0) is 0 Å². The number of nitrogens with one attached hydrogen (secondary N) is 2. The van der Waals surface area contributed by atoms with E-state index < -0.39 is 0 Å². The highest BCUT2D eigenvalue weighted by Crippen LogP contribution is 2.23. The van der Waals surface area contributed by atoms with Crippen LogP contribution >= 0.6 is 0 Å². The number of Topliss-reactive ketones (excluding diaryl/α,β-unsaturated/α-hetero) is 1. The summed E-state index contributed by atoms with van der Waals surface area (Å²) < 4.78 is 0. The van der Waals surface area contributed by atoms with Crippen molar-refractivity contribution in [3.63, 3.8) is 0 Å². The van der Waals surface area contributed by atoms with E-state index in [1.165, 1.54) is 0 Å². The molecule has 24 heavy (non-hydrogen) atoms. The zero-order valence-electron chi connectivity index (χ0n) is 14.8. The summed E-state index contributed by atoms with van der Waals surface area (Å²) in [7, 11) is 0. The van der Waals surface area contributed by atoms with Gasteiger partial charge in [-0.3, -0.25) is 4.79 Å². The number of ketones is 1. The van der Waals surface area contributed by atoms with Crippen molar-refractivity contribution in [2.45, 2.75) is 39.5 Å². The predicted octanol–water partition coefficient (Wildman–Crippen LogP) is 3.52. The lowest BCUT2D eigenvalue weighted by atomic mass is 9.89. The Hall–Kier alpha value is -1.88. The predicted molar refractivity (Wildman–Crippen MR) is 97.5 cm³/mol. The Labute approximate surface area is 144 Å². The average molecular weight is 331 g/mol. The molecule has 2 rings (SSSR count). The molecule has 0 saturated carbocycles. The number of rotatable bonds is 7. The van der Waals surface area contributed by atoms with Crippen LogP contribution in [0, 0.1) is 5.92 Å². The van der Waals surface area contributed by atoms with Crippen LogP contribution in [-0.4, -0.2) is 42.9 Å². The van der Waals surface area contributed by atoms with Crippen LogP contribution in [0.1, 0.15) is 49.9 Å². The summed E-state index contributed by atoms with van der Waals surface area (Å²) in [5.41, 5.74) is 1.36. The number of amides is 2. The number of nitrogens with zero attached hydrogens (tertiary/aromatic N) is 1. The van der Waals surface area contributed by atoms with Crippen molar-refractivity contribution in [1.29, 1.82) is 0 Å². The molecule has 2 amide bonds. The van der Waals surface area contributed by atoms with E-state index in [9.17, 15) is 9.59 Å². The van der Waals surface area contributed by atoms with Crippen LogP contribution in [0.4, 0.5) is 10.5 Å². The highest BCUT2D eigenvalue weighted by molar-refractivity contribution is 5.99. The van der Waals surface area contributed by atoms with Gasteiger partial charge in [0, 0.05) is 23.7 Å². The van der Waals surface area contributed by atoms with Gasteiger partial charge in [-0.25, -0.2) is 4.79 Å². The maximum atomic E-state index is 12.7. The average Bonchev–Trinajstić information content (AvgIpc) is 2.61. The summed E-state index contributed by atoms with van der Waals surface area (Å²) in [5.74, 6) is 0.294. The second kappa shape index (κ2) is 9.42. The van der Waals surface area contributed by atoms with Crippen molar-refractivity contribution in [3.8, 4) is 0 Å². The molecule has 0 bridgehead atoms. The molecule has 0 spiro atoms. The van der Waals surface area contributed by atoms with Gasteiger partial charge in [0.1, 0.15) is 0 Å². The summed E-state index contributed by atoms with van der Waals surface area (Å²) in [5, 5.41) is 5.62. The highest BCUT2D eigenvalue weighted by Gasteiger charge is 2.25. The summed E-state index contributed by atoms with van der Waals surface area (Å²) in [6, 6.07) is 7.05. The molecule has 0 aliphatic carbocycles. The molecule has 5 nitrogen and oxygen atoms in total. The molecule has 1 aromatic carbocycles. The molecular weight excluding hydrogens is 302 g/mol. The van der Waals surface area contributed by atoms with Crippen LogP contribution < -0.4 is 10.6 Å². The van der Waals surface area contributed by atoms with Crippen LogP contribution in [0.25, 0.3) is 0 Å². The zero-order valence-corrected chi connectivity index (χ0v) is 14.8. The number of urea groups is 1. The fraction of sp³-hybridized carbons (Fsp3) is 0.579. The normalized spacial score (nSPS) is 15.9. The lowest BCUT2D eigenvalue weighted by Crippen LogP contribution is -2.36. The minimum absolute atomic E-state index is 0.0985. The fourth-order valence-corrected chi connectivity index (χ4v) is 3.05. The van der Waals surface area contributed by atoms with Gasteiger partial charge < -0.3 is 15.5 Å². The Kier molecular flexibility index (Phi) is 7.25. The van der Waals surface area contributed by atoms with Crippen molar-refractivity contribution < 1.29 is 9.59 Å². The Morgan fingerprint density at radius 3 is 2.62 bits per heavy atom. The first-order chi connectivity index (χ1) is 11.6. The lowest BCUT2D eigenvalue weighted by molar-refractivity contribution is 0.0844. The SMILES string of the molecule is CCCCNC(=O)Nc1cccc(C(=O)C2CCN(CC)CC2)c1. The molecule has 5 heteroatoms. The van der Waals surface area contributed by atoms with E-state index in [2.05, 4.69) is 29.4 Å². The Morgan fingerprint density at radius 2 is 1.96 bits per heavy atom. The Morgan fingerprint density at radius 1 is 1.21 bits per heavy atom. The second-order valence-electron chi connectivity index (χ2n) is 6.39. The number of carbonyl (C=O) groups excluding carboxylic acids is 2. The topological polar surface area (TPSA) is 61.4 Å². The molecule has 0 atom stereocenters. The molecular formula is C19H29N3O2. The number of hydrogen-bond donors (Lipinski definition) is 2. The van der Waals surface area contributed by atoms with Gasteiger partial charge in [-0.05, 0) is 51.0 Å². The fourth-order valence-electron chi connectivity index (χ4n) is 3.05. The maximum absolute atomic E-state index is 12.7. The number of benzene rings is 1. The number of anilines is 1. The van der Waals surface area contributed by atoms with Crippen LogP contribution in [0.15, 0.2) is 24.3 Å². The third-order valence-corrected chi connectivity index (χ3v) is 4.63. The van der Waals surface area contributed by atoms with Gasteiger partial charge in [0.05, 0.1) is 0 Å². The molecule has 1 heterocycles. The quantitative estimate of drug-likeness (QED) is 0.593. The molecule has 0 unspecified atom stereocenters. The third-order valence-electron chi connectivity index (χ3n) is 4.63. The van der Waals surface area contributed by atoms with Gasteiger partial charge in [-0.15, -0.1) is 0 Å². The number of piperidine rings is 1. The summed E-state index contributed by atoms with van der Waals surface area (Å²) in [4.78, 5) is 26.9. The Bertz CT molecular complexity index is 551. The smallest absolute Gasteiger partial charge is 0.319 e. The van der Waals surface area contributed by atoms with Gasteiger partial charge in [0.2, 0.25) is 0 Å². The number of hydrogen-bond acceptors (Lipinski definition) is 3. The molecule has 0 radical (unpaired) electrons. The second-order valence-corrected chi connectivity index (χ2v) is 6.39. The monoisotopic (exact) mass is 331 g/mol. The molecule has 1 saturated heterocycles. The van der Waals surface area contributed by atoms with Crippen LogP contribution in [0.5, 0.6) is 0 Å². The first kappa shape index (κ1) is 18.5. The molecule has 2 N–H and O–H groups in total. The third kappa shape index (κ3) is 5.34. The van der Waals surface area contributed by atoms with Gasteiger partial charge in [-0.1, -0.05) is 32.4 Å². The first-order valence-corrected chi connectivity index (χ1v) is 9.05. The number of carbonyl (C=O) groups is 2. The van der Waals surface area contributed by atoms with Gasteiger partial charge in [0.25, 0.3) is 0 Å². The summed E-state index contributed by atoms with van der Waals surface area (Å²) >= 11 is 0. The maximum Gasteiger partial charge on any atom is 0.319 e. The van der Waals surface area contributed by atoms with E-state index in [-0.39, 0.29) is 17.7 Å². The van der Waals surface area contributed by atoms with E-state index in [1.807, 2.05) is 18.2 Å². The number of unbranched alkanes of at least 4 members (excludes halogenated alkanes) is 1. The van der Waals surface area contributed by atoms with Crippen molar-refractivity contribution in [1.82, 2.24) is 10.2 Å². The van der Waals surface area contributed by atoms with E-state index in [1.54, 1.807) is 6.07 Å². The lowest BCUT2D eigenvalue weighted by Gasteiger charge is -2.30. The Balaban J connectivity index is 1.92. The molecule has 1 aliphatic heterocycles. The van der Waals surface area contributed by atoms with Gasteiger partial charge >= 0.3 is 6.03 Å².